The van der Waals surface area contributed by atoms with Crippen molar-refractivity contribution in [2.24, 2.45) is 17.8 Å². The largest absolute Gasteiger partial charge is 0.350 e. The Kier molecular flexibility index (Phi) is 32.7. The number of alkyl halides is 1. The second-order valence-electron chi connectivity index (χ2n) is 13.7. The zero-order chi connectivity index (χ0) is 45.1. The van der Waals surface area contributed by atoms with Gasteiger partial charge in [-0.05, 0) is 120 Å². The third-order valence-electron chi connectivity index (χ3n) is 9.30. The van der Waals surface area contributed by atoms with E-state index < -0.39 is 24.4 Å². The number of unbranched alkanes of at least 4 members (excludes halogenated alkanes) is 11. The maximum absolute atomic E-state index is 15.9. The lowest BCUT2D eigenvalue weighted by atomic mass is 9.75. The molecule has 1 amide bonds. The van der Waals surface area contributed by atoms with Crippen LogP contribution in [-0.4, -0.2) is 37.1 Å². The van der Waals surface area contributed by atoms with Gasteiger partial charge in [-0.25, -0.2) is 4.39 Å². The quantitative estimate of drug-likeness (QED) is 0.0638. The number of carbonyl (C=O) groups is 1. The number of nitrogens with one attached hydrogen (secondary N) is 1. The average Bonchev–Trinajstić information content (AvgIpc) is 3.28. The highest BCUT2D eigenvalue weighted by Crippen LogP contribution is 2.39. The second kappa shape index (κ2) is 38.2. The van der Waals surface area contributed by atoms with E-state index >= 15 is 4.39 Å². The van der Waals surface area contributed by atoms with Crippen LogP contribution < -0.4 is 5.32 Å². The van der Waals surface area contributed by atoms with Crippen molar-refractivity contribution in [3.05, 3.63) is 50.6 Å². The Bertz CT molecular complexity index is 2280. The summed E-state index contributed by atoms with van der Waals surface area (Å²) in [5, 5.41) is 2.70. The van der Waals surface area contributed by atoms with Crippen molar-refractivity contribution in [2.75, 3.05) is 6.61 Å². The maximum Gasteiger partial charge on any atom is 0.297 e. The number of allylic oxidation sites excluding steroid dienone is 1. The molecule has 0 aromatic rings. The van der Waals surface area contributed by atoms with E-state index in [1.807, 2.05) is 12.2 Å². The molecule has 1 fully saturated rings. The molecule has 0 bridgehead atoms. The Morgan fingerprint density at radius 3 is 1.40 bits per heavy atom. The Morgan fingerprint density at radius 2 is 1.00 bits per heavy atom. The monoisotopic (exact) mass is 821 g/mol. The van der Waals surface area contributed by atoms with Gasteiger partial charge in [0.2, 0.25) is 0 Å². The normalized spacial score (nSPS) is 16.7. The van der Waals surface area contributed by atoms with Gasteiger partial charge in [-0.1, -0.05) is 114 Å². The number of hydrogen-bond donors (Lipinski definition) is 1. The minimum absolute atomic E-state index is 0.0270. The topological polar surface area (TPSA) is 47.6 Å². The van der Waals surface area contributed by atoms with Crippen LogP contribution in [0.25, 0.3) is 0 Å². The highest BCUT2D eigenvalue weighted by Gasteiger charge is 2.42. The zero-order valence-corrected chi connectivity index (χ0v) is 36.4. The van der Waals surface area contributed by atoms with Crippen molar-refractivity contribution in [3.8, 4) is 142 Å². The smallest absolute Gasteiger partial charge is 0.297 e. The summed E-state index contributed by atoms with van der Waals surface area (Å²) in [6.07, 6.45) is 19.9. The van der Waals surface area contributed by atoms with Crippen molar-refractivity contribution in [3.63, 3.8) is 0 Å². The van der Waals surface area contributed by atoms with Gasteiger partial charge in [-0.3, -0.25) is 4.79 Å². The third kappa shape index (κ3) is 26.2. The van der Waals surface area contributed by atoms with Crippen LogP contribution in [0.4, 0.5) is 4.39 Å². The highest BCUT2D eigenvalue weighted by atomic mass is 19.1. The van der Waals surface area contributed by atoms with E-state index in [0.29, 0.717) is 12.8 Å². The highest BCUT2D eigenvalue weighted by molar-refractivity contribution is 5.94. The second-order valence-corrected chi connectivity index (χ2v) is 13.7. The van der Waals surface area contributed by atoms with Crippen molar-refractivity contribution in [1.82, 2.24) is 5.32 Å². The predicted molar refractivity (Wildman–Crippen MR) is 252 cm³/mol. The number of hydrogen-bond acceptors (Lipinski definition) is 3. The van der Waals surface area contributed by atoms with Crippen LogP contribution in [0.5, 0.6) is 0 Å². The fourth-order valence-electron chi connectivity index (χ4n) is 6.25. The summed E-state index contributed by atoms with van der Waals surface area (Å²) in [5.74, 6) is 59.4. The molecular formula is C57H56FNO3. The van der Waals surface area contributed by atoms with Gasteiger partial charge in [0.05, 0.1) is 18.8 Å². The average molecular weight is 822 g/mol. The molecule has 1 N–H and O–H groups in total. The van der Waals surface area contributed by atoms with E-state index in [-0.39, 0.29) is 36.9 Å². The first-order valence-electron chi connectivity index (χ1n) is 21.1. The summed E-state index contributed by atoms with van der Waals surface area (Å²) in [6.45, 7) is 19.7. The van der Waals surface area contributed by atoms with Gasteiger partial charge < -0.3 is 14.8 Å². The molecule has 1 aliphatic heterocycles. The van der Waals surface area contributed by atoms with E-state index in [9.17, 15) is 4.79 Å². The van der Waals surface area contributed by atoms with Crippen LogP contribution in [0.15, 0.2) is 50.6 Å². The summed E-state index contributed by atoms with van der Waals surface area (Å²) in [7, 11) is 0. The number of rotatable bonds is 23. The minimum atomic E-state index is -1.36. The molecule has 1 aliphatic rings. The van der Waals surface area contributed by atoms with E-state index in [1.54, 1.807) is 19.1 Å². The van der Waals surface area contributed by atoms with Crippen LogP contribution in [0.3, 0.4) is 0 Å². The molecule has 1 saturated heterocycles. The zero-order valence-electron chi connectivity index (χ0n) is 36.4. The van der Waals surface area contributed by atoms with Gasteiger partial charge in [0.25, 0.3) is 5.91 Å². The molecule has 0 saturated carbocycles. The summed E-state index contributed by atoms with van der Waals surface area (Å²) in [6, 6.07) is -0.964. The predicted octanol–water partition coefficient (Wildman–Crippen LogP) is 8.69. The van der Waals surface area contributed by atoms with Crippen LogP contribution in [0.2, 0.25) is 0 Å². The van der Waals surface area contributed by atoms with Gasteiger partial charge in [-0.15, -0.1) is 26.3 Å². The fourth-order valence-corrected chi connectivity index (χ4v) is 6.25. The molecular weight excluding hydrogens is 766 g/mol. The summed E-state index contributed by atoms with van der Waals surface area (Å²) < 4.78 is 28.4. The molecule has 0 radical (unpaired) electrons. The summed E-state index contributed by atoms with van der Waals surface area (Å²) in [5.41, 5.74) is 0. The number of carbonyl (C=O) groups excluding carboxylic acids is 1. The standard InChI is InChI=1S/C57H56FNO3/c1-7-13-15-17-19-21-23-25-26-27-28-29-30-31-32-33-34-35-37-39-41-43-45-48-56(60)59-54(53(58)47-44-42-40-38-36-24-22-20-18-16-14-8-2)49-61-57-52(12-6)50(10-4)51(11-5)55(62-57)46-9-3/h9-12,50-55,57H,3-6,8,14,16,18,20,22,24,36,38,40,42,44,46-47,49H2,1-2H3,(H,59,60)/t50-,51+,52?,53+,54-,55?,57+/m0/s1. The van der Waals surface area contributed by atoms with Crippen LogP contribution in [0, 0.1) is 160 Å². The molecule has 2 unspecified atom stereocenters. The third-order valence-corrected chi connectivity index (χ3v) is 9.30. The molecule has 4 nitrogen and oxygen atoms in total. The van der Waals surface area contributed by atoms with Crippen molar-refractivity contribution in [1.29, 1.82) is 0 Å². The first kappa shape index (κ1) is 53.0. The molecule has 1 heterocycles. The minimum Gasteiger partial charge on any atom is -0.350 e. The number of amides is 1. The number of halogens is 1. The summed E-state index contributed by atoms with van der Waals surface area (Å²) >= 11 is 0. The van der Waals surface area contributed by atoms with Gasteiger partial charge in [-0.2, -0.15) is 0 Å². The Morgan fingerprint density at radius 1 is 0.597 bits per heavy atom. The molecule has 7 atom stereocenters. The molecule has 0 aromatic carbocycles. The van der Waals surface area contributed by atoms with Crippen molar-refractivity contribution >= 4 is 5.91 Å². The SMILES string of the molecule is C=CCC1O[C@@H](OC[C@H](NC(=O)C#CC#CC#CC#CC#CC#CC#CC#CC#CC#CC#CC#CC)[C@H](F)CCCCCCCCCCCCCC)C(C=C)[C@@H](C=C)[C@H]1C=C. The first-order valence-corrected chi connectivity index (χ1v) is 21.1. The first-order chi connectivity index (χ1) is 30.5. The fraction of sp³-hybridized carbons (Fsp3) is 0.421. The lowest BCUT2D eigenvalue weighted by molar-refractivity contribution is -0.236. The molecule has 1 rings (SSSR count). The molecule has 0 aliphatic carbocycles. The summed E-state index contributed by atoms with van der Waals surface area (Å²) in [4.78, 5) is 12.9. The van der Waals surface area contributed by atoms with E-state index in [4.69, 9.17) is 9.47 Å². The molecule has 0 spiro atoms. The van der Waals surface area contributed by atoms with E-state index in [0.717, 1.165) is 19.3 Å². The Labute approximate surface area is 374 Å². The van der Waals surface area contributed by atoms with Crippen LogP contribution in [0.1, 0.15) is 104 Å². The Hall–Kier alpha value is -7.00. The lowest BCUT2D eigenvalue weighted by Crippen LogP contribution is -2.50. The van der Waals surface area contributed by atoms with Gasteiger partial charge in [0.15, 0.2) is 6.29 Å². The molecule has 62 heavy (non-hydrogen) atoms. The molecule has 5 heteroatoms. The molecule has 0 aromatic heterocycles. The number of ether oxygens (including phenoxy) is 2. The van der Waals surface area contributed by atoms with Gasteiger partial charge in [0, 0.05) is 53.3 Å². The van der Waals surface area contributed by atoms with Crippen LogP contribution >= 0.6 is 0 Å². The van der Waals surface area contributed by atoms with Gasteiger partial charge in [0.1, 0.15) is 6.17 Å². The van der Waals surface area contributed by atoms with E-state index in [2.05, 4.69) is 181 Å². The maximum atomic E-state index is 15.9. The lowest BCUT2D eigenvalue weighted by Gasteiger charge is -2.44. The Balaban J connectivity index is 2.84. The van der Waals surface area contributed by atoms with E-state index in [1.165, 1.54) is 51.4 Å². The molecule has 314 valence electrons. The van der Waals surface area contributed by atoms with Crippen LogP contribution in [-0.2, 0) is 14.3 Å². The van der Waals surface area contributed by atoms with Gasteiger partial charge >= 0.3 is 0 Å². The van der Waals surface area contributed by atoms with Crippen molar-refractivity contribution in [2.45, 2.75) is 128 Å². The van der Waals surface area contributed by atoms with Crippen molar-refractivity contribution < 1.29 is 18.7 Å².